The molecule has 0 aromatic carbocycles. The number of nitriles is 1. The Morgan fingerprint density at radius 3 is 2.81 bits per heavy atom. The Hall–Kier alpha value is -1.56. The van der Waals surface area contributed by atoms with Gasteiger partial charge in [0.15, 0.2) is 0 Å². The summed E-state index contributed by atoms with van der Waals surface area (Å²) in [6.45, 7) is 8.13. The zero-order valence-corrected chi connectivity index (χ0v) is 10.3. The lowest BCUT2D eigenvalue weighted by Crippen LogP contribution is -2.28. The highest BCUT2D eigenvalue weighted by Gasteiger charge is 2.08. The van der Waals surface area contributed by atoms with E-state index in [1.54, 1.807) is 0 Å². The molecule has 0 saturated heterocycles. The lowest BCUT2D eigenvalue weighted by Gasteiger charge is -2.25. The predicted molar refractivity (Wildman–Crippen MR) is 66.3 cm³/mol. The molecule has 0 amide bonds. The summed E-state index contributed by atoms with van der Waals surface area (Å²) >= 11 is 0. The number of nitrogens with zero attached hydrogens (tertiary/aromatic N) is 3. The largest absolute Gasteiger partial charge is 0.370 e. The van der Waals surface area contributed by atoms with Crippen LogP contribution in [0.1, 0.15) is 26.0 Å². The van der Waals surface area contributed by atoms with Crippen molar-refractivity contribution in [3.05, 3.63) is 24.0 Å². The Kier molecular flexibility index (Phi) is 4.78. The van der Waals surface area contributed by atoms with Gasteiger partial charge < -0.3 is 4.90 Å². The van der Waals surface area contributed by atoms with Gasteiger partial charge in [-0.05, 0) is 25.0 Å². The molecule has 0 atom stereocenters. The second-order valence-corrected chi connectivity index (χ2v) is 4.40. The van der Waals surface area contributed by atoms with E-state index in [1.807, 2.05) is 19.2 Å². The third-order valence-electron chi connectivity index (χ3n) is 2.32. The Labute approximate surface area is 97.7 Å². The molecule has 1 heterocycles. The van der Waals surface area contributed by atoms with Crippen molar-refractivity contribution in [2.24, 2.45) is 5.92 Å². The lowest BCUT2D eigenvalue weighted by atomic mass is 10.2. The second kappa shape index (κ2) is 6.12. The van der Waals surface area contributed by atoms with Gasteiger partial charge in [-0.3, -0.25) is 4.98 Å². The van der Waals surface area contributed by atoms with Gasteiger partial charge in [-0.25, -0.2) is 0 Å². The Balaban J connectivity index is 2.79. The topological polar surface area (TPSA) is 39.9 Å². The normalized spacial score (nSPS) is 10.2. The Bertz CT molecular complexity index is 366. The molecule has 0 unspecified atom stereocenters. The average molecular weight is 217 g/mol. The van der Waals surface area contributed by atoms with Crippen molar-refractivity contribution in [3.63, 3.8) is 0 Å². The number of hydrogen-bond acceptors (Lipinski definition) is 3. The number of rotatable bonds is 5. The summed E-state index contributed by atoms with van der Waals surface area (Å²) < 4.78 is 0. The number of hydrogen-bond donors (Lipinski definition) is 0. The van der Waals surface area contributed by atoms with E-state index in [1.165, 1.54) is 0 Å². The van der Waals surface area contributed by atoms with Gasteiger partial charge in [-0.1, -0.05) is 13.8 Å². The summed E-state index contributed by atoms with van der Waals surface area (Å²) in [7, 11) is 0. The van der Waals surface area contributed by atoms with Crippen LogP contribution < -0.4 is 4.90 Å². The fourth-order valence-electron chi connectivity index (χ4n) is 1.68. The summed E-state index contributed by atoms with van der Waals surface area (Å²) in [6, 6.07) is 6.27. The first-order chi connectivity index (χ1) is 7.63. The van der Waals surface area contributed by atoms with Gasteiger partial charge in [0, 0.05) is 30.7 Å². The van der Waals surface area contributed by atoms with Gasteiger partial charge in [0.25, 0.3) is 0 Å². The second-order valence-electron chi connectivity index (χ2n) is 4.40. The zero-order chi connectivity index (χ0) is 12.0. The molecular formula is C13H19N3. The van der Waals surface area contributed by atoms with Crippen LogP contribution in [-0.4, -0.2) is 18.1 Å². The molecule has 1 rings (SSSR count). The molecule has 3 nitrogen and oxygen atoms in total. The summed E-state index contributed by atoms with van der Waals surface area (Å²) in [6.07, 6.45) is 2.39. The van der Waals surface area contributed by atoms with Crippen molar-refractivity contribution >= 4 is 5.69 Å². The molecule has 0 fully saturated rings. The van der Waals surface area contributed by atoms with Crippen molar-refractivity contribution in [2.75, 3.05) is 18.0 Å². The molecule has 1 aromatic heterocycles. The molecule has 0 radical (unpaired) electrons. The first kappa shape index (κ1) is 12.5. The van der Waals surface area contributed by atoms with Crippen molar-refractivity contribution in [1.82, 2.24) is 4.98 Å². The third kappa shape index (κ3) is 3.90. The molecule has 0 spiro atoms. The Morgan fingerprint density at radius 1 is 1.50 bits per heavy atom. The molecule has 0 saturated carbocycles. The highest BCUT2D eigenvalue weighted by Crippen LogP contribution is 2.16. The van der Waals surface area contributed by atoms with E-state index in [0.29, 0.717) is 12.3 Å². The fourth-order valence-corrected chi connectivity index (χ4v) is 1.68. The van der Waals surface area contributed by atoms with Gasteiger partial charge in [-0.15, -0.1) is 0 Å². The van der Waals surface area contributed by atoms with E-state index >= 15 is 0 Å². The molecule has 1 aromatic rings. The SMILES string of the molecule is Cc1cc(N(CCC#N)CC(C)C)ccn1. The van der Waals surface area contributed by atoms with E-state index in [4.69, 9.17) is 5.26 Å². The molecule has 86 valence electrons. The number of anilines is 1. The van der Waals surface area contributed by atoms with Crippen LogP contribution in [0.4, 0.5) is 5.69 Å². The number of aromatic nitrogens is 1. The highest BCUT2D eigenvalue weighted by atomic mass is 15.1. The summed E-state index contributed by atoms with van der Waals surface area (Å²) in [5.41, 5.74) is 2.18. The predicted octanol–water partition coefficient (Wildman–Crippen LogP) is 2.77. The zero-order valence-electron chi connectivity index (χ0n) is 10.3. The Morgan fingerprint density at radius 2 is 2.25 bits per heavy atom. The van der Waals surface area contributed by atoms with E-state index in [9.17, 15) is 0 Å². The standard InChI is InChI=1S/C13H19N3/c1-11(2)10-16(8-4-6-14)13-5-7-15-12(3)9-13/h5,7,9,11H,4,8,10H2,1-3H3. The van der Waals surface area contributed by atoms with Crippen LogP contribution >= 0.6 is 0 Å². The molecule has 0 aliphatic carbocycles. The first-order valence-corrected chi connectivity index (χ1v) is 5.68. The quantitative estimate of drug-likeness (QED) is 0.761. The van der Waals surface area contributed by atoms with Crippen LogP contribution in [-0.2, 0) is 0 Å². The number of aryl methyl sites for hydroxylation is 1. The van der Waals surface area contributed by atoms with E-state index in [-0.39, 0.29) is 0 Å². The summed E-state index contributed by atoms with van der Waals surface area (Å²) in [4.78, 5) is 6.44. The smallest absolute Gasteiger partial charge is 0.0640 e. The third-order valence-corrected chi connectivity index (χ3v) is 2.32. The van der Waals surface area contributed by atoms with Crippen LogP contribution in [0.5, 0.6) is 0 Å². The van der Waals surface area contributed by atoms with Gasteiger partial charge in [-0.2, -0.15) is 5.26 Å². The van der Waals surface area contributed by atoms with Gasteiger partial charge >= 0.3 is 0 Å². The van der Waals surface area contributed by atoms with E-state index in [0.717, 1.165) is 24.5 Å². The van der Waals surface area contributed by atoms with E-state index in [2.05, 4.69) is 35.9 Å². The molecular weight excluding hydrogens is 198 g/mol. The maximum atomic E-state index is 8.66. The minimum atomic E-state index is 0.564. The van der Waals surface area contributed by atoms with Crippen LogP contribution in [0.25, 0.3) is 0 Å². The maximum Gasteiger partial charge on any atom is 0.0640 e. The minimum Gasteiger partial charge on any atom is -0.370 e. The van der Waals surface area contributed by atoms with E-state index < -0.39 is 0 Å². The first-order valence-electron chi connectivity index (χ1n) is 5.68. The number of pyridine rings is 1. The molecule has 0 bridgehead atoms. The summed E-state index contributed by atoms with van der Waals surface area (Å²) in [5, 5.41) is 8.66. The van der Waals surface area contributed by atoms with Crippen LogP contribution in [0, 0.1) is 24.2 Å². The van der Waals surface area contributed by atoms with Crippen LogP contribution in [0.2, 0.25) is 0 Å². The summed E-state index contributed by atoms with van der Waals surface area (Å²) in [5.74, 6) is 0.590. The van der Waals surface area contributed by atoms with Gasteiger partial charge in [0.1, 0.15) is 0 Å². The fraction of sp³-hybridized carbons (Fsp3) is 0.538. The van der Waals surface area contributed by atoms with Gasteiger partial charge in [0.2, 0.25) is 0 Å². The molecule has 0 aliphatic heterocycles. The molecule has 16 heavy (non-hydrogen) atoms. The molecule has 0 N–H and O–H groups in total. The van der Waals surface area contributed by atoms with Crippen molar-refractivity contribution in [2.45, 2.75) is 27.2 Å². The van der Waals surface area contributed by atoms with Crippen molar-refractivity contribution in [1.29, 1.82) is 5.26 Å². The van der Waals surface area contributed by atoms with Crippen molar-refractivity contribution < 1.29 is 0 Å². The highest BCUT2D eigenvalue weighted by molar-refractivity contribution is 5.46. The average Bonchev–Trinajstić information content (AvgIpc) is 2.23. The lowest BCUT2D eigenvalue weighted by molar-refractivity contribution is 0.612. The maximum absolute atomic E-state index is 8.66. The van der Waals surface area contributed by atoms with Crippen molar-refractivity contribution in [3.8, 4) is 6.07 Å². The molecule has 3 heteroatoms. The van der Waals surface area contributed by atoms with Gasteiger partial charge in [0.05, 0.1) is 12.5 Å². The monoisotopic (exact) mass is 217 g/mol. The van der Waals surface area contributed by atoms with Crippen LogP contribution in [0.15, 0.2) is 18.3 Å². The van der Waals surface area contributed by atoms with Crippen LogP contribution in [0.3, 0.4) is 0 Å². The minimum absolute atomic E-state index is 0.564. The molecule has 0 aliphatic rings.